The van der Waals surface area contributed by atoms with Crippen molar-refractivity contribution in [3.63, 3.8) is 0 Å². The Bertz CT molecular complexity index is 714. The second-order valence-electron chi connectivity index (χ2n) is 4.14. The van der Waals surface area contributed by atoms with Gasteiger partial charge in [-0.05, 0) is 18.2 Å². The number of thiocarbonyl (C=S) groups is 1. The smallest absolute Gasteiger partial charge is 0.255 e. The van der Waals surface area contributed by atoms with Crippen LogP contribution < -0.4 is 11.1 Å². The van der Waals surface area contributed by atoms with Crippen LogP contribution in [0.2, 0.25) is 5.02 Å². The highest BCUT2D eigenvalue weighted by molar-refractivity contribution is 7.80. The molecule has 0 aliphatic carbocycles. The van der Waals surface area contributed by atoms with E-state index < -0.39 is 17.5 Å². The van der Waals surface area contributed by atoms with Gasteiger partial charge in [0.2, 0.25) is 0 Å². The first-order valence-corrected chi connectivity index (χ1v) is 6.53. The molecule has 0 aliphatic rings. The van der Waals surface area contributed by atoms with E-state index in [1.165, 1.54) is 12.1 Å². The molecule has 0 bridgehead atoms. The zero-order valence-corrected chi connectivity index (χ0v) is 12.1. The molecule has 1 amide bonds. The van der Waals surface area contributed by atoms with Gasteiger partial charge in [0.05, 0.1) is 10.7 Å². The van der Waals surface area contributed by atoms with Gasteiger partial charge in [0.1, 0.15) is 10.8 Å². The molecule has 0 aromatic heterocycles. The summed E-state index contributed by atoms with van der Waals surface area (Å²) in [5, 5.41) is 2.06. The number of rotatable bonds is 3. The number of halogens is 3. The monoisotopic (exact) mass is 326 g/mol. The number of amides is 1. The van der Waals surface area contributed by atoms with Gasteiger partial charge in [-0.15, -0.1) is 0 Å². The minimum absolute atomic E-state index is 0.135. The van der Waals surface area contributed by atoms with Crippen molar-refractivity contribution in [2.45, 2.75) is 0 Å². The first-order valence-electron chi connectivity index (χ1n) is 5.74. The van der Waals surface area contributed by atoms with Gasteiger partial charge in [0.15, 0.2) is 5.82 Å². The molecule has 0 aliphatic heterocycles. The maximum atomic E-state index is 13.6. The number of nitrogens with two attached hydrogens (primary N) is 1. The lowest BCUT2D eigenvalue weighted by molar-refractivity contribution is 0.102. The van der Waals surface area contributed by atoms with Gasteiger partial charge in [-0.3, -0.25) is 4.79 Å². The van der Waals surface area contributed by atoms with E-state index in [9.17, 15) is 13.6 Å². The summed E-state index contributed by atoms with van der Waals surface area (Å²) in [5.41, 5.74) is 5.91. The molecule has 0 heterocycles. The summed E-state index contributed by atoms with van der Waals surface area (Å²) in [6.45, 7) is 0. The highest BCUT2D eigenvalue weighted by Gasteiger charge is 2.14. The van der Waals surface area contributed by atoms with Crippen molar-refractivity contribution in [3.05, 3.63) is 64.2 Å². The number of carbonyl (C=O) groups excluding carboxylic acids is 1. The van der Waals surface area contributed by atoms with E-state index in [-0.39, 0.29) is 21.3 Å². The number of anilines is 1. The molecular formula is C14H9ClF2N2OS. The summed E-state index contributed by atoms with van der Waals surface area (Å²) in [6, 6.07) is 7.74. The third kappa shape index (κ3) is 3.53. The quantitative estimate of drug-likeness (QED) is 0.849. The molecule has 0 radical (unpaired) electrons. The molecule has 3 N–H and O–H groups in total. The summed E-state index contributed by atoms with van der Waals surface area (Å²) in [4.78, 5) is 12.2. The molecule has 0 atom stereocenters. The van der Waals surface area contributed by atoms with Crippen molar-refractivity contribution >= 4 is 40.4 Å². The van der Waals surface area contributed by atoms with Gasteiger partial charge in [0.25, 0.3) is 5.91 Å². The topological polar surface area (TPSA) is 55.1 Å². The maximum Gasteiger partial charge on any atom is 0.255 e. The number of hydrogen-bond acceptors (Lipinski definition) is 2. The van der Waals surface area contributed by atoms with Crippen molar-refractivity contribution in [2.24, 2.45) is 5.73 Å². The molecule has 21 heavy (non-hydrogen) atoms. The number of nitrogens with one attached hydrogen (secondary N) is 1. The first-order chi connectivity index (χ1) is 9.88. The maximum absolute atomic E-state index is 13.6. The molecule has 0 saturated heterocycles. The van der Waals surface area contributed by atoms with Gasteiger partial charge < -0.3 is 11.1 Å². The second-order valence-corrected chi connectivity index (χ2v) is 4.99. The largest absolute Gasteiger partial charge is 0.389 e. The fourth-order valence-corrected chi connectivity index (χ4v) is 2.03. The van der Waals surface area contributed by atoms with Crippen molar-refractivity contribution in [2.75, 3.05) is 5.32 Å². The predicted molar refractivity (Wildman–Crippen MR) is 81.7 cm³/mol. The molecule has 0 unspecified atom stereocenters. The molecule has 108 valence electrons. The van der Waals surface area contributed by atoms with Crippen LogP contribution in [0.3, 0.4) is 0 Å². The fourth-order valence-electron chi connectivity index (χ4n) is 1.66. The van der Waals surface area contributed by atoms with Crippen LogP contribution >= 0.6 is 23.8 Å². The number of benzene rings is 2. The SMILES string of the molecule is NC(=S)c1cccc(C(=O)Nc2c(F)cc(F)cc2Cl)c1. The lowest BCUT2D eigenvalue weighted by atomic mass is 10.1. The Hall–Kier alpha value is -2.05. The summed E-state index contributed by atoms with van der Waals surface area (Å²) < 4.78 is 26.6. The molecule has 0 spiro atoms. The van der Waals surface area contributed by atoms with Crippen LogP contribution in [0.5, 0.6) is 0 Å². The van der Waals surface area contributed by atoms with E-state index in [1.807, 2.05) is 0 Å². The van der Waals surface area contributed by atoms with Gasteiger partial charge in [-0.1, -0.05) is 36.0 Å². The van der Waals surface area contributed by atoms with Crippen LogP contribution in [0.1, 0.15) is 15.9 Å². The predicted octanol–water partition coefficient (Wildman–Crippen LogP) is 3.50. The van der Waals surface area contributed by atoms with Crippen molar-refractivity contribution in [1.29, 1.82) is 0 Å². The Labute approximate surface area is 129 Å². The summed E-state index contributed by atoms with van der Waals surface area (Å²) in [6.07, 6.45) is 0. The van der Waals surface area contributed by atoms with Crippen LogP contribution in [0.4, 0.5) is 14.5 Å². The Kier molecular flexibility index (Phi) is 4.50. The fraction of sp³-hybridized carbons (Fsp3) is 0. The van der Waals surface area contributed by atoms with Gasteiger partial charge in [-0.2, -0.15) is 0 Å². The number of carbonyl (C=O) groups is 1. The van der Waals surface area contributed by atoms with E-state index in [1.54, 1.807) is 12.1 Å². The molecule has 2 aromatic rings. The van der Waals surface area contributed by atoms with Crippen molar-refractivity contribution in [1.82, 2.24) is 0 Å². The molecular weight excluding hydrogens is 318 g/mol. The average Bonchev–Trinajstić information content (AvgIpc) is 2.42. The van der Waals surface area contributed by atoms with Gasteiger partial charge >= 0.3 is 0 Å². The lowest BCUT2D eigenvalue weighted by Crippen LogP contribution is -2.15. The molecule has 2 aromatic carbocycles. The first kappa shape index (κ1) is 15.3. The van der Waals surface area contributed by atoms with Gasteiger partial charge in [0, 0.05) is 17.2 Å². The Morgan fingerprint density at radius 3 is 2.48 bits per heavy atom. The van der Waals surface area contributed by atoms with E-state index in [0.717, 1.165) is 6.07 Å². The minimum atomic E-state index is -0.959. The molecule has 0 saturated carbocycles. The highest BCUT2D eigenvalue weighted by Crippen LogP contribution is 2.26. The van der Waals surface area contributed by atoms with Crippen LogP contribution in [-0.4, -0.2) is 10.9 Å². The van der Waals surface area contributed by atoms with Crippen LogP contribution in [0, 0.1) is 11.6 Å². The Balaban J connectivity index is 2.30. The van der Waals surface area contributed by atoms with Crippen LogP contribution in [0.15, 0.2) is 36.4 Å². The van der Waals surface area contributed by atoms with Crippen molar-refractivity contribution < 1.29 is 13.6 Å². The van der Waals surface area contributed by atoms with E-state index in [2.05, 4.69) is 5.32 Å². The second kappa shape index (κ2) is 6.15. The van der Waals surface area contributed by atoms with Crippen LogP contribution in [0.25, 0.3) is 0 Å². The Morgan fingerprint density at radius 1 is 1.19 bits per heavy atom. The number of hydrogen-bond donors (Lipinski definition) is 2. The molecule has 7 heteroatoms. The molecule has 2 rings (SSSR count). The third-order valence-electron chi connectivity index (χ3n) is 2.65. The zero-order valence-electron chi connectivity index (χ0n) is 10.5. The molecule has 0 fully saturated rings. The lowest BCUT2D eigenvalue weighted by Gasteiger charge is -2.09. The third-order valence-corrected chi connectivity index (χ3v) is 3.19. The summed E-state index contributed by atoms with van der Waals surface area (Å²) >= 11 is 10.5. The van der Waals surface area contributed by atoms with E-state index in [0.29, 0.717) is 11.6 Å². The van der Waals surface area contributed by atoms with Gasteiger partial charge in [-0.25, -0.2) is 8.78 Å². The zero-order chi connectivity index (χ0) is 15.6. The van der Waals surface area contributed by atoms with Crippen LogP contribution in [-0.2, 0) is 0 Å². The van der Waals surface area contributed by atoms with Crippen molar-refractivity contribution in [3.8, 4) is 0 Å². The normalized spacial score (nSPS) is 10.2. The molecule has 3 nitrogen and oxygen atoms in total. The summed E-state index contributed by atoms with van der Waals surface area (Å²) in [7, 11) is 0. The van der Waals surface area contributed by atoms with E-state index >= 15 is 0 Å². The Morgan fingerprint density at radius 2 is 1.86 bits per heavy atom. The standard InChI is InChI=1S/C14H9ClF2N2OS/c15-10-5-9(16)6-11(17)12(10)19-14(20)8-3-1-2-7(4-8)13(18)21/h1-6H,(H2,18,21)(H,19,20). The average molecular weight is 327 g/mol. The van der Waals surface area contributed by atoms with E-state index in [4.69, 9.17) is 29.6 Å². The minimum Gasteiger partial charge on any atom is -0.389 e. The highest BCUT2D eigenvalue weighted by atomic mass is 35.5. The summed E-state index contributed by atoms with van der Waals surface area (Å²) in [5.74, 6) is -2.40.